The summed E-state index contributed by atoms with van der Waals surface area (Å²) in [6, 6.07) is 4.25. The number of guanidine groups is 1. The van der Waals surface area contributed by atoms with Crippen LogP contribution in [0.1, 0.15) is 26.3 Å². The first kappa shape index (κ1) is 23.1. The first-order valence-electron chi connectivity index (χ1n) is 9.93. The van der Waals surface area contributed by atoms with E-state index in [9.17, 15) is 13.2 Å². The van der Waals surface area contributed by atoms with Gasteiger partial charge in [-0.25, -0.2) is 4.99 Å². The molecule has 0 spiro atoms. The van der Waals surface area contributed by atoms with Gasteiger partial charge in [0.25, 0.3) is 0 Å². The Morgan fingerprint density at radius 2 is 1.86 bits per heavy atom. The zero-order valence-electron chi connectivity index (χ0n) is 17.6. The second-order valence-corrected chi connectivity index (χ2v) is 6.83. The molecule has 0 bridgehead atoms. The van der Waals surface area contributed by atoms with E-state index in [1.807, 2.05) is 36.9 Å². The standard InChI is InChI=1S/C20H31F3N4O2/c1-5-24-19(27-11-9-26(10-12-27)15(3)20(21,22)23)25-14-16-7-8-17(28-4)18(13-16)29-6-2/h7-8,13,15H,5-6,9-12,14H2,1-4H3,(H,24,25). The van der Waals surface area contributed by atoms with Crippen LogP contribution >= 0.6 is 0 Å². The monoisotopic (exact) mass is 416 g/mol. The Hall–Kier alpha value is -2.16. The number of hydrogen-bond donors (Lipinski definition) is 1. The molecule has 1 aliphatic heterocycles. The summed E-state index contributed by atoms with van der Waals surface area (Å²) < 4.78 is 49.8. The normalized spacial score (nSPS) is 17.2. The fourth-order valence-electron chi connectivity index (χ4n) is 3.21. The minimum Gasteiger partial charge on any atom is -0.493 e. The quantitative estimate of drug-likeness (QED) is 0.547. The molecule has 1 aromatic carbocycles. The first-order chi connectivity index (χ1) is 13.8. The minimum absolute atomic E-state index is 0.349. The van der Waals surface area contributed by atoms with Crippen LogP contribution in [0.3, 0.4) is 0 Å². The lowest BCUT2D eigenvalue weighted by Crippen LogP contribution is -2.56. The second kappa shape index (κ2) is 10.6. The van der Waals surface area contributed by atoms with Crippen molar-refractivity contribution in [2.24, 2.45) is 4.99 Å². The number of piperazine rings is 1. The van der Waals surface area contributed by atoms with E-state index >= 15 is 0 Å². The van der Waals surface area contributed by atoms with Gasteiger partial charge in [-0.1, -0.05) is 6.07 Å². The molecule has 1 N–H and O–H groups in total. The van der Waals surface area contributed by atoms with Crippen molar-refractivity contribution in [3.8, 4) is 11.5 Å². The third kappa shape index (κ3) is 6.42. The summed E-state index contributed by atoms with van der Waals surface area (Å²) in [5.74, 6) is 2.05. The van der Waals surface area contributed by atoms with Crippen LogP contribution in [0.5, 0.6) is 11.5 Å². The van der Waals surface area contributed by atoms with Gasteiger partial charge in [-0.05, 0) is 38.5 Å². The SMILES string of the molecule is CCNC(=NCc1ccc(OC)c(OCC)c1)N1CCN(C(C)C(F)(F)F)CC1. The van der Waals surface area contributed by atoms with Crippen LogP contribution in [0.4, 0.5) is 13.2 Å². The molecule has 1 fully saturated rings. The lowest BCUT2D eigenvalue weighted by atomic mass is 10.2. The molecule has 0 saturated carbocycles. The van der Waals surface area contributed by atoms with Gasteiger partial charge in [0.1, 0.15) is 6.04 Å². The summed E-state index contributed by atoms with van der Waals surface area (Å²) in [7, 11) is 1.60. The molecular formula is C20H31F3N4O2. The molecule has 1 unspecified atom stereocenters. The molecule has 9 heteroatoms. The Morgan fingerprint density at radius 1 is 1.17 bits per heavy atom. The van der Waals surface area contributed by atoms with E-state index in [-0.39, 0.29) is 0 Å². The highest BCUT2D eigenvalue weighted by molar-refractivity contribution is 5.80. The van der Waals surface area contributed by atoms with Crippen LogP contribution in [-0.4, -0.2) is 74.4 Å². The number of alkyl halides is 3. The summed E-state index contributed by atoms with van der Waals surface area (Å²) in [5.41, 5.74) is 0.967. The van der Waals surface area contributed by atoms with Crippen LogP contribution in [-0.2, 0) is 6.54 Å². The molecule has 1 saturated heterocycles. The maximum Gasteiger partial charge on any atom is 0.403 e. The highest BCUT2D eigenvalue weighted by atomic mass is 19.4. The molecule has 0 aliphatic carbocycles. The van der Waals surface area contributed by atoms with Crippen LogP contribution in [0.25, 0.3) is 0 Å². The molecule has 2 rings (SSSR count). The third-order valence-corrected chi connectivity index (χ3v) is 4.91. The Kier molecular flexibility index (Phi) is 8.43. The lowest BCUT2D eigenvalue weighted by Gasteiger charge is -2.39. The van der Waals surface area contributed by atoms with Gasteiger partial charge in [0.05, 0.1) is 20.3 Å². The van der Waals surface area contributed by atoms with Crippen LogP contribution in [0, 0.1) is 0 Å². The van der Waals surface area contributed by atoms with Crippen molar-refractivity contribution in [2.45, 2.75) is 39.5 Å². The first-order valence-corrected chi connectivity index (χ1v) is 9.93. The molecule has 0 radical (unpaired) electrons. The molecule has 6 nitrogen and oxygen atoms in total. The molecular weight excluding hydrogens is 385 g/mol. The number of ether oxygens (including phenoxy) is 2. The van der Waals surface area contributed by atoms with E-state index in [4.69, 9.17) is 9.47 Å². The number of halogens is 3. The Bertz CT molecular complexity index is 674. The summed E-state index contributed by atoms with van der Waals surface area (Å²) in [4.78, 5) is 8.16. The van der Waals surface area contributed by atoms with Crippen LogP contribution < -0.4 is 14.8 Å². The van der Waals surface area contributed by atoms with Gasteiger partial charge in [-0.2, -0.15) is 13.2 Å². The van der Waals surface area contributed by atoms with Crippen molar-refractivity contribution in [3.63, 3.8) is 0 Å². The van der Waals surface area contributed by atoms with Gasteiger partial charge in [0.2, 0.25) is 0 Å². The van der Waals surface area contributed by atoms with Gasteiger partial charge in [0.15, 0.2) is 17.5 Å². The third-order valence-electron chi connectivity index (χ3n) is 4.91. The summed E-state index contributed by atoms with van der Waals surface area (Å²) in [6.07, 6.45) is -4.20. The molecule has 164 valence electrons. The van der Waals surface area contributed by atoms with Gasteiger partial charge in [0, 0.05) is 32.7 Å². The number of hydrogen-bond acceptors (Lipinski definition) is 4. The fourth-order valence-corrected chi connectivity index (χ4v) is 3.21. The van der Waals surface area contributed by atoms with Crippen molar-refractivity contribution < 1.29 is 22.6 Å². The highest BCUT2D eigenvalue weighted by Gasteiger charge is 2.41. The smallest absolute Gasteiger partial charge is 0.403 e. The van der Waals surface area contributed by atoms with E-state index in [1.54, 1.807) is 7.11 Å². The largest absolute Gasteiger partial charge is 0.493 e. The van der Waals surface area contributed by atoms with Gasteiger partial charge >= 0.3 is 6.18 Å². The van der Waals surface area contributed by atoms with Crippen LogP contribution in [0.15, 0.2) is 23.2 Å². The van der Waals surface area contributed by atoms with Gasteiger partial charge < -0.3 is 19.7 Å². The van der Waals surface area contributed by atoms with E-state index in [0.29, 0.717) is 63.3 Å². The summed E-state index contributed by atoms with van der Waals surface area (Å²) in [5, 5.41) is 3.24. The van der Waals surface area contributed by atoms with Crippen molar-refractivity contribution >= 4 is 5.96 Å². The van der Waals surface area contributed by atoms with Crippen molar-refractivity contribution in [1.29, 1.82) is 0 Å². The Balaban J connectivity index is 2.05. The summed E-state index contributed by atoms with van der Waals surface area (Å²) in [6.45, 7) is 8.45. The number of nitrogens with zero attached hydrogens (tertiary/aromatic N) is 3. The Morgan fingerprint density at radius 3 is 2.41 bits per heavy atom. The lowest BCUT2D eigenvalue weighted by molar-refractivity contribution is -0.181. The minimum atomic E-state index is -4.20. The molecule has 0 aromatic heterocycles. The predicted octanol–water partition coefficient (Wildman–Crippen LogP) is 3.13. The molecule has 0 amide bonds. The molecule has 1 heterocycles. The number of nitrogens with one attached hydrogen (secondary N) is 1. The van der Waals surface area contributed by atoms with E-state index in [1.165, 1.54) is 11.8 Å². The van der Waals surface area contributed by atoms with Crippen molar-refractivity contribution in [2.75, 3.05) is 46.4 Å². The molecule has 1 aromatic rings. The van der Waals surface area contributed by atoms with Crippen molar-refractivity contribution in [3.05, 3.63) is 23.8 Å². The zero-order chi connectivity index (χ0) is 21.4. The summed E-state index contributed by atoms with van der Waals surface area (Å²) >= 11 is 0. The zero-order valence-corrected chi connectivity index (χ0v) is 17.6. The van der Waals surface area contributed by atoms with Crippen LogP contribution in [0.2, 0.25) is 0 Å². The number of methoxy groups -OCH3 is 1. The molecule has 1 aliphatic rings. The number of rotatable bonds is 7. The van der Waals surface area contributed by atoms with E-state index in [0.717, 1.165) is 5.56 Å². The average molecular weight is 416 g/mol. The van der Waals surface area contributed by atoms with Gasteiger partial charge in [-0.15, -0.1) is 0 Å². The Labute approximate surface area is 170 Å². The number of aliphatic imine (C=N–C) groups is 1. The van der Waals surface area contributed by atoms with E-state index in [2.05, 4.69) is 10.3 Å². The maximum atomic E-state index is 12.9. The molecule has 1 atom stereocenters. The predicted molar refractivity (Wildman–Crippen MR) is 108 cm³/mol. The second-order valence-electron chi connectivity index (χ2n) is 6.83. The number of benzene rings is 1. The van der Waals surface area contributed by atoms with E-state index < -0.39 is 12.2 Å². The fraction of sp³-hybridized carbons (Fsp3) is 0.650. The molecule has 29 heavy (non-hydrogen) atoms. The topological polar surface area (TPSA) is 49.3 Å². The maximum absolute atomic E-state index is 12.9. The average Bonchev–Trinajstić information content (AvgIpc) is 2.70. The van der Waals surface area contributed by atoms with Gasteiger partial charge in [-0.3, -0.25) is 4.90 Å². The highest BCUT2D eigenvalue weighted by Crippen LogP contribution is 2.28. The van der Waals surface area contributed by atoms with Crippen molar-refractivity contribution in [1.82, 2.24) is 15.1 Å².